The van der Waals surface area contributed by atoms with Crippen LogP contribution in [0, 0.1) is 5.92 Å². The molecule has 3 rings (SSSR count). The lowest BCUT2D eigenvalue weighted by Gasteiger charge is -2.31. The Labute approximate surface area is 136 Å². The molecule has 1 heterocycles. The highest BCUT2D eigenvalue weighted by atomic mass is 19.4. The van der Waals surface area contributed by atoms with Gasteiger partial charge in [0.05, 0.1) is 5.56 Å². The molecule has 23 heavy (non-hydrogen) atoms. The highest BCUT2D eigenvalue weighted by molar-refractivity contribution is 5.29. The SMILES string of the molecule is FC(F)(F)c1ccccc1CN(CC1CCCC1)[C@H]1CCNC1. The van der Waals surface area contributed by atoms with Crippen molar-refractivity contribution in [2.45, 2.75) is 50.9 Å². The fraction of sp³-hybridized carbons (Fsp3) is 0.667. The van der Waals surface area contributed by atoms with Gasteiger partial charge in [0.15, 0.2) is 0 Å². The summed E-state index contributed by atoms with van der Waals surface area (Å²) in [5.74, 6) is 0.647. The summed E-state index contributed by atoms with van der Waals surface area (Å²) in [5.41, 5.74) is -0.0766. The van der Waals surface area contributed by atoms with E-state index in [-0.39, 0.29) is 0 Å². The van der Waals surface area contributed by atoms with Crippen LogP contribution >= 0.6 is 0 Å². The van der Waals surface area contributed by atoms with Gasteiger partial charge in [-0.25, -0.2) is 0 Å². The molecule has 2 nitrogen and oxygen atoms in total. The number of nitrogens with zero attached hydrogens (tertiary/aromatic N) is 1. The molecule has 1 saturated carbocycles. The van der Waals surface area contributed by atoms with E-state index in [2.05, 4.69) is 10.2 Å². The van der Waals surface area contributed by atoms with Crippen LogP contribution in [0.1, 0.15) is 43.2 Å². The van der Waals surface area contributed by atoms with Gasteiger partial charge in [0.1, 0.15) is 0 Å². The van der Waals surface area contributed by atoms with Crippen molar-refractivity contribution in [2.75, 3.05) is 19.6 Å². The van der Waals surface area contributed by atoms with Crippen LogP contribution in [-0.2, 0) is 12.7 Å². The molecule has 0 unspecified atom stereocenters. The Balaban J connectivity index is 1.77. The lowest BCUT2D eigenvalue weighted by atomic mass is 10.0. The maximum Gasteiger partial charge on any atom is 0.416 e. The number of hydrogen-bond acceptors (Lipinski definition) is 2. The second-order valence-electron chi connectivity index (χ2n) is 6.88. The molecule has 0 bridgehead atoms. The van der Waals surface area contributed by atoms with Crippen LogP contribution in [-0.4, -0.2) is 30.6 Å². The fourth-order valence-electron chi connectivity index (χ4n) is 3.97. The molecule has 0 radical (unpaired) electrons. The zero-order valence-electron chi connectivity index (χ0n) is 13.4. The number of rotatable bonds is 5. The van der Waals surface area contributed by atoms with E-state index in [4.69, 9.17) is 0 Å². The molecule has 1 aromatic carbocycles. The molecule has 1 atom stereocenters. The molecule has 1 saturated heterocycles. The number of nitrogens with one attached hydrogen (secondary N) is 1. The molecule has 0 spiro atoms. The summed E-state index contributed by atoms with van der Waals surface area (Å²) in [5, 5.41) is 3.34. The van der Waals surface area contributed by atoms with E-state index in [0.29, 0.717) is 24.1 Å². The summed E-state index contributed by atoms with van der Waals surface area (Å²) in [6.07, 6.45) is 1.72. The summed E-state index contributed by atoms with van der Waals surface area (Å²) in [7, 11) is 0. The molecular weight excluding hydrogens is 301 g/mol. The molecule has 2 fully saturated rings. The van der Waals surface area contributed by atoms with Crippen molar-refractivity contribution in [3.63, 3.8) is 0 Å². The first-order chi connectivity index (χ1) is 11.0. The number of hydrogen-bond donors (Lipinski definition) is 1. The third kappa shape index (κ3) is 4.27. The van der Waals surface area contributed by atoms with Gasteiger partial charge in [-0.05, 0) is 43.4 Å². The van der Waals surface area contributed by atoms with Crippen molar-refractivity contribution >= 4 is 0 Å². The average molecular weight is 326 g/mol. The Morgan fingerprint density at radius 1 is 1.09 bits per heavy atom. The van der Waals surface area contributed by atoms with Crippen LogP contribution in [0.15, 0.2) is 24.3 Å². The van der Waals surface area contributed by atoms with E-state index in [9.17, 15) is 13.2 Å². The maximum atomic E-state index is 13.3. The van der Waals surface area contributed by atoms with Gasteiger partial charge in [-0.15, -0.1) is 0 Å². The van der Waals surface area contributed by atoms with Crippen LogP contribution in [0.4, 0.5) is 13.2 Å². The minimum atomic E-state index is -4.27. The van der Waals surface area contributed by atoms with Gasteiger partial charge in [-0.3, -0.25) is 4.90 Å². The van der Waals surface area contributed by atoms with Crippen LogP contribution in [0.2, 0.25) is 0 Å². The van der Waals surface area contributed by atoms with Gasteiger partial charge in [0, 0.05) is 25.7 Å². The number of halogens is 3. The highest BCUT2D eigenvalue weighted by Crippen LogP contribution is 2.33. The summed E-state index contributed by atoms with van der Waals surface area (Å²) >= 11 is 0. The predicted molar refractivity (Wildman–Crippen MR) is 85.1 cm³/mol. The van der Waals surface area contributed by atoms with Crippen molar-refractivity contribution in [1.29, 1.82) is 0 Å². The summed E-state index contributed by atoms with van der Waals surface area (Å²) in [4.78, 5) is 2.29. The van der Waals surface area contributed by atoms with Crippen molar-refractivity contribution in [2.24, 2.45) is 5.92 Å². The van der Waals surface area contributed by atoms with E-state index in [1.54, 1.807) is 12.1 Å². The summed E-state index contributed by atoms with van der Waals surface area (Å²) in [6.45, 7) is 3.19. The smallest absolute Gasteiger partial charge is 0.315 e. The van der Waals surface area contributed by atoms with Gasteiger partial charge >= 0.3 is 6.18 Å². The third-order valence-corrected chi connectivity index (χ3v) is 5.21. The second-order valence-corrected chi connectivity index (χ2v) is 6.88. The zero-order valence-corrected chi connectivity index (χ0v) is 13.4. The first kappa shape index (κ1) is 16.8. The molecule has 1 N–H and O–H groups in total. The molecule has 0 aromatic heterocycles. The third-order valence-electron chi connectivity index (χ3n) is 5.21. The molecule has 2 aliphatic rings. The molecule has 128 valence electrons. The van der Waals surface area contributed by atoms with Crippen molar-refractivity contribution in [3.8, 4) is 0 Å². The predicted octanol–water partition coefficient (Wildman–Crippen LogP) is 4.06. The Morgan fingerprint density at radius 2 is 1.83 bits per heavy atom. The minimum Gasteiger partial charge on any atom is -0.315 e. The molecule has 0 amide bonds. The maximum absolute atomic E-state index is 13.3. The highest BCUT2D eigenvalue weighted by Gasteiger charge is 2.34. The van der Waals surface area contributed by atoms with Crippen molar-refractivity contribution in [1.82, 2.24) is 10.2 Å². The first-order valence-electron chi connectivity index (χ1n) is 8.64. The van der Waals surface area contributed by atoms with E-state index in [0.717, 1.165) is 26.1 Å². The molecule has 1 aliphatic heterocycles. The van der Waals surface area contributed by atoms with Gasteiger partial charge < -0.3 is 5.32 Å². The monoisotopic (exact) mass is 326 g/mol. The van der Waals surface area contributed by atoms with Crippen molar-refractivity contribution in [3.05, 3.63) is 35.4 Å². The summed E-state index contributed by atoms with van der Waals surface area (Å²) < 4.78 is 39.8. The molecular formula is C18H25F3N2. The largest absolute Gasteiger partial charge is 0.416 e. The topological polar surface area (TPSA) is 15.3 Å². The van der Waals surface area contributed by atoms with Crippen LogP contribution in [0.3, 0.4) is 0 Å². The number of benzene rings is 1. The summed E-state index contributed by atoms with van der Waals surface area (Å²) in [6, 6.07) is 6.38. The van der Waals surface area contributed by atoms with E-state index < -0.39 is 11.7 Å². The lowest BCUT2D eigenvalue weighted by molar-refractivity contribution is -0.138. The first-order valence-corrected chi connectivity index (χ1v) is 8.64. The van der Waals surface area contributed by atoms with E-state index in [1.165, 1.54) is 37.8 Å². The Hall–Kier alpha value is -1.07. The Bertz CT molecular complexity index is 503. The van der Waals surface area contributed by atoms with Crippen LogP contribution in [0.25, 0.3) is 0 Å². The molecule has 5 heteroatoms. The van der Waals surface area contributed by atoms with Gasteiger partial charge in [0.25, 0.3) is 0 Å². The number of alkyl halides is 3. The quantitative estimate of drug-likeness (QED) is 0.878. The van der Waals surface area contributed by atoms with Crippen LogP contribution in [0.5, 0.6) is 0 Å². The second kappa shape index (κ2) is 7.22. The van der Waals surface area contributed by atoms with Crippen LogP contribution < -0.4 is 5.32 Å². The minimum absolute atomic E-state index is 0.358. The normalized spacial score (nSPS) is 23.0. The van der Waals surface area contributed by atoms with E-state index >= 15 is 0 Å². The van der Waals surface area contributed by atoms with Gasteiger partial charge in [-0.2, -0.15) is 13.2 Å². The lowest BCUT2D eigenvalue weighted by Crippen LogP contribution is -2.39. The van der Waals surface area contributed by atoms with Gasteiger partial charge in [-0.1, -0.05) is 31.0 Å². The fourth-order valence-corrected chi connectivity index (χ4v) is 3.97. The zero-order chi connectivity index (χ0) is 16.3. The van der Waals surface area contributed by atoms with Crippen molar-refractivity contribution < 1.29 is 13.2 Å². The van der Waals surface area contributed by atoms with E-state index in [1.807, 2.05) is 0 Å². The molecule has 1 aromatic rings. The van der Waals surface area contributed by atoms with Gasteiger partial charge in [0.2, 0.25) is 0 Å². The molecule has 1 aliphatic carbocycles. The Kier molecular flexibility index (Phi) is 5.27. The Morgan fingerprint density at radius 3 is 2.48 bits per heavy atom. The standard InChI is InChI=1S/C18H25F3N2/c19-18(20,21)17-8-4-3-7-15(17)13-23(16-9-10-22-11-16)12-14-5-1-2-6-14/h3-4,7-8,14,16,22H,1-2,5-6,9-13H2/t16-/m0/s1. The average Bonchev–Trinajstić information content (AvgIpc) is 3.19.